The van der Waals surface area contributed by atoms with Gasteiger partial charge in [-0.2, -0.15) is 0 Å². The lowest BCUT2D eigenvalue weighted by molar-refractivity contribution is 0.479. The van der Waals surface area contributed by atoms with Crippen LogP contribution in [-0.2, 0) is 6.54 Å². The van der Waals surface area contributed by atoms with Gasteiger partial charge < -0.3 is 15.1 Å². The number of halogens is 2. The lowest BCUT2D eigenvalue weighted by Gasteiger charge is -2.02. The number of nitrogens with zero attached hydrogens (tertiary/aromatic N) is 2. The molecule has 7 heteroatoms. The Hall–Kier alpha value is -2.02. The van der Waals surface area contributed by atoms with E-state index >= 15 is 0 Å². The normalized spacial score (nSPS) is 10.7. The van der Waals surface area contributed by atoms with Crippen molar-refractivity contribution in [2.24, 2.45) is 0 Å². The number of hydrogen-bond acceptors (Lipinski definition) is 5. The third kappa shape index (κ3) is 3.72. The summed E-state index contributed by atoms with van der Waals surface area (Å²) in [5.41, 5.74) is 0.0816. The van der Waals surface area contributed by atoms with Crippen LogP contribution in [0, 0.1) is 11.6 Å². The van der Waals surface area contributed by atoms with E-state index in [1.807, 2.05) is 6.92 Å². The number of nitrogens with one attached hydrogen (secondary N) is 2. The van der Waals surface area contributed by atoms with Gasteiger partial charge in [-0.25, -0.2) is 8.78 Å². The Bertz CT molecular complexity index is 544. The molecule has 0 unspecified atom stereocenters. The highest BCUT2D eigenvalue weighted by Gasteiger charge is 2.09. The Labute approximate surface area is 109 Å². The van der Waals surface area contributed by atoms with E-state index in [-0.39, 0.29) is 11.7 Å². The van der Waals surface area contributed by atoms with Gasteiger partial charge >= 0.3 is 6.01 Å². The maximum absolute atomic E-state index is 13.4. The van der Waals surface area contributed by atoms with Gasteiger partial charge in [0, 0.05) is 6.07 Å². The SMILES string of the molecule is CCCNCc1nnc(Nc2ccc(F)cc2F)o1. The predicted octanol–water partition coefficient (Wildman–Crippen LogP) is 2.59. The number of rotatable bonds is 6. The smallest absolute Gasteiger partial charge is 0.320 e. The zero-order valence-corrected chi connectivity index (χ0v) is 10.4. The fourth-order valence-corrected chi connectivity index (χ4v) is 1.45. The van der Waals surface area contributed by atoms with E-state index in [4.69, 9.17) is 4.42 Å². The molecule has 5 nitrogen and oxygen atoms in total. The van der Waals surface area contributed by atoms with Crippen LogP contribution in [-0.4, -0.2) is 16.7 Å². The maximum Gasteiger partial charge on any atom is 0.320 e. The molecule has 2 N–H and O–H groups in total. The summed E-state index contributed by atoms with van der Waals surface area (Å²) in [7, 11) is 0. The Morgan fingerprint density at radius 1 is 1.26 bits per heavy atom. The van der Waals surface area contributed by atoms with Crippen LogP contribution < -0.4 is 10.6 Å². The minimum atomic E-state index is -0.719. The first-order valence-corrected chi connectivity index (χ1v) is 5.94. The summed E-state index contributed by atoms with van der Waals surface area (Å²) in [6, 6.07) is 3.26. The van der Waals surface area contributed by atoms with Gasteiger partial charge in [-0.3, -0.25) is 0 Å². The number of hydrogen-bond donors (Lipinski definition) is 2. The second-order valence-corrected chi connectivity index (χ2v) is 3.93. The van der Waals surface area contributed by atoms with Crippen molar-refractivity contribution in [3.63, 3.8) is 0 Å². The lowest BCUT2D eigenvalue weighted by atomic mass is 10.3. The minimum absolute atomic E-state index is 0.0683. The highest BCUT2D eigenvalue weighted by molar-refractivity contribution is 5.52. The molecule has 19 heavy (non-hydrogen) atoms. The number of anilines is 2. The van der Waals surface area contributed by atoms with E-state index < -0.39 is 11.6 Å². The minimum Gasteiger partial charge on any atom is -0.406 e. The molecular weight excluding hydrogens is 254 g/mol. The molecule has 0 saturated carbocycles. The molecule has 0 aliphatic carbocycles. The highest BCUT2D eigenvalue weighted by Crippen LogP contribution is 2.19. The van der Waals surface area contributed by atoms with Crippen LogP contribution in [0.2, 0.25) is 0 Å². The fraction of sp³-hybridized carbons (Fsp3) is 0.333. The van der Waals surface area contributed by atoms with Gasteiger partial charge in [0.25, 0.3) is 0 Å². The maximum atomic E-state index is 13.4. The molecular formula is C12H14F2N4O. The first-order chi connectivity index (χ1) is 9.19. The molecule has 0 atom stereocenters. The van der Waals surface area contributed by atoms with E-state index in [9.17, 15) is 8.78 Å². The van der Waals surface area contributed by atoms with Crippen LogP contribution in [0.25, 0.3) is 0 Å². The van der Waals surface area contributed by atoms with Crippen molar-refractivity contribution in [2.45, 2.75) is 19.9 Å². The Balaban J connectivity index is 1.99. The summed E-state index contributed by atoms with van der Waals surface area (Å²) in [6.07, 6.45) is 1.00. The van der Waals surface area contributed by atoms with Gasteiger partial charge in [0.05, 0.1) is 12.2 Å². The molecule has 0 fully saturated rings. The molecule has 102 valence electrons. The van der Waals surface area contributed by atoms with E-state index in [0.717, 1.165) is 25.1 Å². The molecule has 1 aromatic heterocycles. The van der Waals surface area contributed by atoms with Crippen molar-refractivity contribution in [3.05, 3.63) is 35.7 Å². The number of aromatic nitrogens is 2. The van der Waals surface area contributed by atoms with Crippen LogP contribution in [0.3, 0.4) is 0 Å². The van der Waals surface area contributed by atoms with E-state index in [1.165, 1.54) is 6.07 Å². The molecule has 2 rings (SSSR count). The average molecular weight is 268 g/mol. The zero-order chi connectivity index (χ0) is 13.7. The summed E-state index contributed by atoms with van der Waals surface area (Å²) in [5.74, 6) is -0.958. The summed E-state index contributed by atoms with van der Waals surface area (Å²) < 4.78 is 31.4. The van der Waals surface area contributed by atoms with Crippen molar-refractivity contribution in [1.82, 2.24) is 15.5 Å². The van der Waals surface area contributed by atoms with Gasteiger partial charge in [-0.05, 0) is 25.1 Å². The second kappa shape index (κ2) is 6.24. The molecule has 0 amide bonds. The molecule has 0 bridgehead atoms. The standard InChI is InChI=1S/C12H14F2N4O/c1-2-5-15-7-11-17-18-12(19-11)16-10-4-3-8(13)6-9(10)14/h3-4,6,15H,2,5,7H2,1H3,(H,16,18). The van der Waals surface area contributed by atoms with Gasteiger partial charge in [0.1, 0.15) is 11.6 Å². The summed E-state index contributed by atoms with van der Waals surface area (Å²) in [4.78, 5) is 0. The van der Waals surface area contributed by atoms with Crippen molar-refractivity contribution in [3.8, 4) is 0 Å². The second-order valence-electron chi connectivity index (χ2n) is 3.93. The van der Waals surface area contributed by atoms with E-state index in [1.54, 1.807) is 0 Å². The topological polar surface area (TPSA) is 63.0 Å². The summed E-state index contributed by atoms with van der Waals surface area (Å²) in [5, 5.41) is 13.2. The van der Waals surface area contributed by atoms with Gasteiger partial charge in [-0.15, -0.1) is 5.10 Å². The van der Waals surface area contributed by atoms with Gasteiger partial charge in [-0.1, -0.05) is 12.0 Å². The summed E-state index contributed by atoms with van der Waals surface area (Å²) >= 11 is 0. The van der Waals surface area contributed by atoms with E-state index in [2.05, 4.69) is 20.8 Å². The van der Waals surface area contributed by atoms with Crippen molar-refractivity contribution in [1.29, 1.82) is 0 Å². The van der Waals surface area contributed by atoms with Crippen LogP contribution in [0.5, 0.6) is 0 Å². The lowest BCUT2D eigenvalue weighted by Crippen LogP contribution is -2.13. The van der Waals surface area contributed by atoms with Crippen molar-refractivity contribution in [2.75, 3.05) is 11.9 Å². The highest BCUT2D eigenvalue weighted by atomic mass is 19.1. The Morgan fingerprint density at radius 2 is 2.11 bits per heavy atom. The Kier molecular flexibility index (Phi) is 4.40. The van der Waals surface area contributed by atoms with E-state index in [0.29, 0.717) is 12.4 Å². The van der Waals surface area contributed by atoms with Gasteiger partial charge in [0.15, 0.2) is 0 Å². The largest absolute Gasteiger partial charge is 0.406 e. The fourth-order valence-electron chi connectivity index (χ4n) is 1.45. The van der Waals surface area contributed by atoms with Crippen LogP contribution >= 0.6 is 0 Å². The monoisotopic (exact) mass is 268 g/mol. The van der Waals surface area contributed by atoms with Crippen molar-refractivity contribution < 1.29 is 13.2 Å². The van der Waals surface area contributed by atoms with Crippen LogP contribution in [0.4, 0.5) is 20.5 Å². The molecule has 0 radical (unpaired) electrons. The predicted molar refractivity (Wildman–Crippen MR) is 65.9 cm³/mol. The number of benzene rings is 1. The van der Waals surface area contributed by atoms with Gasteiger partial charge in [0.2, 0.25) is 5.89 Å². The third-order valence-electron chi connectivity index (χ3n) is 2.34. The molecule has 1 aromatic carbocycles. The molecule has 0 aliphatic heterocycles. The summed E-state index contributed by atoms with van der Waals surface area (Å²) in [6.45, 7) is 3.34. The first-order valence-electron chi connectivity index (χ1n) is 5.94. The molecule has 2 aromatic rings. The quantitative estimate of drug-likeness (QED) is 0.788. The zero-order valence-electron chi connectivity index (χ0n) is 10.4. The molecule has 1 heterocycles. The van der Waals surface area contributed by atoms with Crippen LogP contribution in [0.15, 0.2) is 22.6 Å². The molecule has 0 saturated heterocycles. The molecule has 0 aliphatic rings. The molecule has 0 spiro atoms. The Morgan fingerprint density at radius 3 is 2.84 bits per heavy atom. The average Bonchev–Trinajstić information content (AvgIpc) is 2.81. The van der Waals surface area contributed by atoms with Crippen LogP contribution in [0.1, 0.15) is 19.2 Å². The van der Waals surface area contributed by atoms with Crippen molar-refractivity contribution >= 4 is 11.7 Å². The first kappa shape index (κ1) is 13.4. The third-order valence-corrected chi connectivity index (χ3v) is 2.34.